The van der Waals surface area contributed by atoms with Gasteiger partial charge in [-0.15, -0.1) is 0 Å². The van der Waals surface area contributed by atoms with E-state index >= 15 is 0 Å². The van der Waals surface area contributed by atoms with Gasteiger partial charge in [0.25, 0.3) is 5.91 Å². The lowest BCUT2D eigenvalue weighted by atomic mass is 10.1. The Kier molecular flexibility index (Phi) is 6.82. The van der Waals surface area contributed by atoms with Crippen LogP contribution >= 0.6 is 0 Å². The number of aromatic hydroxyl groups is 2. The van der Waals surface area contributed by atoms with Gasteiger partial charge < -0.3 is 15.5 Å². The molecule has 112 valence electrons. The predicted molar refractivity (Wildman–Crippen MR) is 80.5 cm³/mol. The maximum atomic E-state index is 11.8. The van der Waals surface area contributed by atoms with E-state index in [4.69, 9.17) is 5.26 Å². The van der Waals surface area contributed by atoms with Crippen LogP contribution in [0.25, 0.3) is 6.08 Å². The Morgan fingerprint density at radius 2 is 2.05 bits per heavy atom. The number of nitrogens with zero attached hydrogens (tertiary/aromatic N) is 1. The minimum absolute atomic E-state index is 0.0319. The van der Waals surface area contributed by atoms with Crippen molar-refractivity contribution in [1.82, 2.24) is 5.32 Å². The molecule has 0 heterocycles. The molecule has 0 aliphatic rings. The Morgan fingerprint density at radius 3 is 2.67 bits per heavy atom. The first-order valence-corrected chi connectivity index (χ1v) is 7.00. The fourth-order valence-corrected chi connectivity index (χ4v) is 1.79. The number of hydrogen-bond acceptors (Lipinski definition) is 4. The van der Waals surface area contributed by atoms with Crippen LogP contribution in [0.1, 0.15) is 38.2 Å². The Labute approximate surface area is 124 Å². The minimum Gasteiger partial charge on any atom is -0.504 e. The molecule has 1 aromatic carbocycles. The van der Waals surface area contributed by atoms with Gasteiger partial charge in [-0.25, -0.2) is 0 Å². The zero-order valence-corrected chi connectivity index (χ0v) is 12.1. The van der Waals surface area contributed by atoms with E-state index in [0.717, 1.165) is 25.7 Å². The number of carbonyl (C=O) groups excluding carboxylic acids is 1. The lowest BCUT2D eigenvalue weighted by Crippen LogP contribution is -2.25. The topological polar surface area (TPSA) is 93.4 Å². The normalized spacial score (nSPS) is 11.0. The first-order chi connectivity index (χ1) is 10.1. The monoisotopic (exact) mass is 288 g/mol. The highest BCUT2D eigenvalue weighted by Crippen LogP contribution is 2.25. The van der Waals surface area contributed by atoms with Gasteiger partial charge in [0, 0.05) is 6.54 Å². The quantitative estimate of drug-likeness (QED) is 0.311. The smallest absolute Gasteiger partial charge is 0.261 e. The molecule has 0 aliphatic carbocycles. The molecule has 0 atom stereocenters. The number of rotatable bonds is 7. The van der Waals surface area contributed by atoms with Gasteiger partial charge in [-0.2, -0.15) is 5.26 Å². The van der Waals surface area contributed by atoms with E-state index in [1.165, 1.54) is 24.3 Å². The second-order valence-corrected chi connectivity index (χ2v) is 4.73. The highest BCUT2D eigenvalue weighted by atomic mass is 16.3. The Bertz CT molecular complexity index is 559. The average Bonchev–Trinajstić information content (AvgIpc) is 2.48. The second-order valence-electron chi connectivity index (χ2n) is 4.73. The zero-order valence-electron chi connectivity index (χ0n) is 12.1. The predicted octanol–water partition coefficient (Wildman–Crippen LogP) is 2.70. The molecule has 5 heteroatoms. The number of hydrogen-bond donors (Lipinski definition) is 3. The molecule has 0 saturated heterocycles. The molecule has 0 saturated carbocycles. The van der Waals surface area contributed by atoms with Crippen LogP contribution in [0.4, 0.5) is 0 Å². The number of amides is 1. The maximum absolute atomic E-state index is 11.8. The van der Waals surface area contributed by atoms with E-state index in [0.29, 0.717) is 12.1 Å². The molecule has 0 bridgehead atoms. The Balaban J connectivity index is 2.64. The van der Waals surface area contributed by atoms with E-state index < -0.39 is 5.91 Å². The lowest BCUT2D eigenvalue weighted by molar-refractivity contribution is -0.117. The van der Waals surface area contributed by atoms with Crippen molar-refractivity contribution in [2.75, 3.05) is 6.54 Å². The number of benzene rings is 1. The van der Waals surface area contributed by atoms with Gasteiger partial charge in [-0.05, 0) is 30.2 Å². The fourth-order valence-electron chi connectivity index (χ4n) is 1.79. The average molecular weight is 288 g/mol. The summed E-state index contributed by atoms with van der Waals surface area (Å²) in [6.45, 7) is 2.65. The number of phenols is 2. The summed E-state index contributed by atoms with van der Waals surface area (Å²) in [4.78, 5) is 11.8. The molecule has 0 unspecified atom stereocenters. The van der Waals surface area contributed by atoms with Crippen molar-refractivity contribution >= 4 is 12.0 Å². The van der Waals surface area contributed by atoms with Crippen molar-refractivity contribution < 1.29 is 15.0 Å². The Hall–Kier alpha value is -2.48. The first-order valence-electron chi connectivity index (χ1n) is 7.00. The van der Waals surface area contributed by atoms with Crippen molar-refractivity contribution in [2.24, 2.45) is 0 Å². The molecule has 1 rings (SSSR count). The zero-order chi connectivity index (χ0) is 15.7. The molecule has 5 nitrogen and oxygen atoms in total. The van der Waals surface area contributed by atoms with E-state index in [1.807, 2.05) is 6.07 Å². The standard InChI is InChI=1S/C16H20N2O3/c1-2-3-4-5-8-18-16(21)13(11-17)9-12-6-7-14(19)15(20)10-12/h6-7,9-10,19-20H,2-5,8H2,1H3,(H,18,21)/b13-9+. The number of carbonyl (C=O) groups is 1. The highest BCUT2D eigenvalue weighted by Gasteiger charge is 2.09. The summed E-state index contributed by atoms with van der Waals surface area (Å²) in [7, 11) is 0. The van der Waals surface area contributed by atoms with E-state index in [1.54, 1.807) is 0 Å². The van der Waals surface area contributed by atoms with Crippen LogP contribution in [0.2, 0.25) is 0 Å². The molecular formula is C16H20N2O3. The number of nitriles is 1. The van der Waals surface area contributed by atoms with Gasteiger partial charge >= 0.3 is 0 Å². The molecular weight excluding hydrogens is 268 g/mol. The molecule has 0 aromatic heterocycles. The van der Waals surface area contributed by atoms with Crippen molar-refractivity contribution in [1.29, 1.82) is 5.26 Å². The van der Waals surface area contributed by atoms with Gasteiger partial charge in [-0.1, -0.05) is 32.3 Å². The summed E-state index contributed by atoms with van der Waals surface area (Å²) in [5.74, 6) is -0.964. The molecule has 0 fully saturated rings. The van der Waals surface area contributed by atoms with Crippen LogP contribution < -0.4 is 5.32 Å². The fraction of sp³-hybridized carbons (Fsp3) is 0.375. The Morgan fingerprint density at radius 1 is 1.29 bits per heavy atom. The van der Waals surface area contributed by atoms with Crippen LogP contribution in [0.3, 0.4) is 0 Å². The van der Waals surface area contributed by atoms with Gasteiger partial charge in [0.05, 0.1) is 0 Å². The second kappa shape index (κ2) is 8.64. The molecule has 0 spiro atoms. The van der Waals surface area contributed by atoms with Crippen LogP contribution in [-0.2, 0) is 4.79 Å². The molecule has 1 amide bonds. The molecule has 0 radical (unpaired) electrons. The third-order valence-corrected chi connectivity index (χ3v) is 2.99. The van der Waals surface area contributed by atoms with E-state index in [2.05, 4.69) is 12.2 Å². The van der Waals surface area contributed by atoms with E-state index in [-0.39, 0.29) is 17.1 Å². The third-order valence-electron chi connectivity index (χ3n) is 2.99. The summed E-state index contributed by atoms with van der Waals surface area (Å²) >= 11 is 0. The first kappa shape index (κ1) is 16.6. The van der Waals surface area contributed by atoms with Gasteiger partial charge in [0.1, 0.15) is 11.6 Å². The van der Waals surface area contributed by atoms with Crippen molar-refractivity contribution in [2.45, 2.75) is 32.6 Å². The molecule has 3 N–H and O–H groups in total. The van der Waals surface area contributed by atoms with E-state index in [9.17, 15) is 15.0 Å². The summed E-state index contributed by atoms with van der Waals surface area (Å²) in [6.07, 6.45) is 5.57. The van der Waals surface area contributed by atoms with Gasteiger partial charge in [0.15, 0.2) is 11.5 Å². The highest BCUT2D eigenvalue weighted by molar-refractivity contribution is 6.01. The summed E-state index contributed by atoms with van der Waals surface area (Å²) in [6, 6.07) is 5.95. The largest absolute Gasteiger partial charge is 0.504 e. The number of unbranched alkanes of at least 4 members (excludes halogenated alkanes) is 3. The summed E-state index contributed by atoms with van der Waals surface area (Å²) in [5, 5.41) is 30.3. The minimum atomic E-state index is -0.429. The van der Waals surface area contributed by atoms with Gasteiger partial charge in [0.2, 0.25) is 0 Å². The van der Waals surface area contributed by atoms with Crippen molar-refractivity contribution in [3.8, 4) is 17.6 Å². The maximum Gasteiger partial charge on any atom is 0.261 e. The molecule has 1 aromatic rings. The van der Waals surface area contributed by atoms with Crippen molar-refractivity contribution in [3.63, 3.8) is 0 Å². The van der Waals surface area contributed by atoms with Crippen LogP contribution in [0.15, 0.2) is 23.8 Å². The van der Waals surface area contributed by atoms with Crippen LogP contribution in [-0.4, -0.2) is 22.7 Å². The molecule has 0 aliphatic heterocycles. The number of nitrogens with one attached hydrogen (secondary N) is 1. The summed E-state index contributed by atoms with van der Waals surface area (Å²) < 4.78 is 0. The van der Waals surface area contributed by atoms with Crippen LogP contribution in [0, 0.1) is 11.3 Å². The third kappa shape index (κ3) is 5.57. The molecule has 21 heavy (non-hydrogen) atoms. The number of phenolic OH excluding ortho intramolecular Hbond substituents is 2. The van der Waals surface area contributed by atoms with Gasteiger partial charge in [-0.3, -0.25) is 4.79 Å². The van der Waals surface area contributed by atoms with Crippen molar-refractivity contribution in [3.05, 3.63) is 29.3 Å². The van der Waals surface area contributed by atoms with Crippen LogP contribution in [0.5, 0.6) is 11.5 Å². The summed E-state index contributed by atoms with van der Waals surface area (Å²) in [5.41, 5.74) is 0.443. The lowest BCUT2D eigenvalue weighted by Gasteiger charge is -2.04. The SMILES string of the molecule is CCCCCCNC(=O)/C(C#N)=C/c1ccc(O)c(O)c1.